The van der Waals surface area contributed by atoms with Crippen LogP contribution in [0.4, 0.5) is 0 Å². The Hall–Kier alpha value is -2.95. The Bertz CT molecular complexity index is 719. The zero-order chi connectivity index (χ0) is 15.5. The van der Waals surface area contributed by atoms with E-state index < -0.39 is 0 Å². The lowest BCUT2D eigenvalue weighted by Crippen LogP contribution is -2.07. The van der Waals surface area contributed by atoms with Crippen molar-refractivity contribution in [1.82, 2.24) is 9.13 Å². The second-order valence-corrected chi connectivity index (χ2v) is 4.72. The molecule has 0 aliphatic heterocycles. The molecule has 0 saturated heterocycles. The summed E-state index contributed by atoms with van der Waals surface area (Å²) in [7, 11) is 2.99. The van der Waals surface area contributed by atoms with E-state index in [9.17, 15) is 4.79 Å². The Morgan fingerprint density at radius 1 is 0.864 bits per heavy atom. The molecule has 0 radical (unpaired) electrons. The Balaban J connectivity index is 2.28. The van der Waals surface area contributed by atoms with Crippen molar-refractivity contribution in [2.75, 3.05) is 14.2 Å². The number of esters is 1. The minimum absolute atomic E-state index is 0.385. The van der Waals surface area contributed by atoms with Crippen LogP contribution in [-0.2, 0) is 4.74 Å². The highest BCUT2D eigenvalue weighted by atomic mass is 16.5. The number of rotatable bonds is 4. The van der Waals surface area contributed by atoms with E-state index in [4.69, 9.17) is 9.47 Å². The summed E-state index contributed by atoms with van der Waals surface area (Å²) < 4.78 is 14.3. The number of carbonyl (C=O) groups excluding carboxylic acids is 1. The van der Waals surface area contributed by atoms with Crippen LogP contribution in [0.3, 0.4) is 0 Å². The molecule has 0 amide bonds. The normalized spacial score (nSPS) is 10.5. The lowest BCUT2D eigenvalue weighted by molar-refractivity contribution is 0.0600. The van der Waals surface area contributed by atoms with Crippen LogP contribution in [-0.4, -0.2) is 29.3 Å². The van der Waals surface area contributed by atoms with Crippen LogP contribution in [0.1, 0.15) is 10.4 Å². The van der Waals surface area contributed by atoms with Crippen molar-refractivity contribution in [1.29, 1.82) is 0 Å². The zero-order valence-electron chi connectivity index (χ0n) is 12.4. The van der Waals surface area contributed by atoms with Gasteiger partial charge in [0.2, 0.25) is 0 Å². The smallest absolute Gasteiger partial charge is 0.338 e. The molecule has 1 aromatic carbocycles. The Morgan fingerprint density at radius 2 is 1.32 bits per heavy atom. The Labute approximate surface area is 128 Å². The fourth-order valence-corrected chi connectivity index (χ4v) is 2.42. The van der Waals surface area contributed by atoms with Gasteiger partial charge in [-0.15, -0.1) is 0 Å². The number of benzene rings is 1. The second-order valence-electron chi connectivity index (χ2n) is 4.72. The van der Waals surface area contributed by atoms with Crippen molar-refractivity contribution in [3.8, 4) is 17.1 Å². The molecule has 0 unspecified atom stereocenters. The van der Waals surface area contributed by atoms with Gasteiger partial charge in [-0.25, -0.2) is 4.79 Å². The molecule has 22 heavy (non-hydrogen) atoms. The summed E-state index contributed by atoms with van der Waals surface area (Å²) in [4.78, 5) is 12.0. The standard InChI is InChI=1S/C17H16N2O3/c1-21-16-14(18-7-3-4-8-18)11-13(17(20)22-2)12-15(16)19-9-5-6-10-19/h3-12H,1-2H3. The van der Waals surface area contributed by atoms with Crippen LogP contribution in [0, 0.1) is 0 Å². The highest BCUT2D eigenvalue weighted by molar-refractivity contribution is 5.91. The van der Waals surface area contributed by atoms with E-state index in [0.717, 1.165) is 11.4 Å². The first-order chi connectivity index (χ1) is 10.7. The molecule has 112 valence electrons. The molecule has 0 aliphatic carbocycles. The van der Waals surface area contributed by atoms with Crippen LogP contribution in [0.15, 0.2) is 61.2 Å². The van der Waals surface area contributed by atoms with Crippen LogP contribution in [0.25, 0.3) is 11.4 Å². The predicted molar refractivity (Wildman–Crippen MR) is 83.0 cm³/mol. The summed E-state index contributed by atoms with van der Waals surface area (Å²) in [5, 5.41) is 0. The van der Waals surface area contributed by atoms with Gasteiger partial charge in [0.05, 0.1) is 31.2 Å². The summed E-state index contributed by atoms with van der Waals surface area (Å²) in [6.07, 6.45) is 7.60. The quantitative estimate of drug-likeness (QED) is 0.695. The molecule has 0 saturated carbocycles. The van der Waals surface area contributed by atoms with E-state index in [2.05, 4.69) is 0 Å². The highest BCUT2D eigenvalue weighted by Gasteiger charge is 2.17. The minimum Gasteiger partial charge on any atom is -0.492 e. The van der Waals surface area contributed by atoms with Crippen LogP contribution < -0.4 is 4.74 Å². The van der Waals surface area contributed by atoms with Gasteiger partial charge in [-0.1, -0.05) is 0 Å². The maximum Gasteiger partial charge on any atom is 0.338 e. The van der Waals surface area contributed by atoms with Crippen molar-refractivity contribution in [2.24, 2.45) is 0 Å². The van der Waals surface area contributed by atoms with Gasteiger partial charge in [-0.2, -0.15) is 0 Å². The van der Waals surface area contributed by atoms with Crippen molar-refractivity contribution in [2.45, 2.75) is 0 Å². The van der Waals surface area contributed by atoms with E-state index in [1.165, 1.54) is 7.11 Å². The number of hydrogen-bond donors (Lipinski definition) is 0. The van der Waals surface area contributed by atoms with Gasteiger partial charge in [0.1, 0.15) is 0 Å². The molecule has 5 heteroatoms. The third-order valence-electron chi connectivity index (χ3n) is 3.44. The summed E-state index contributed by atoms with van der Waals surface area (Å²) in [5.41, 5.74) is 2.02. The summed E-state index contributed by atoms with van der Waals surface area (Å²) >= 11 is 0. The number of methoxy groups -OCH3 is 2. The maximum atomic E-state index is 12.0. The van der Waals surface area contributed by atoms with E-state index in [1.807, 2.05) is 58.2 Å². The SMILES string of the molecule is COC(=O)c1cc(-n2cccc2)c(OC)c(-n2cccc2)c1. The van der Waals surface area contributed by atoms with Crippen LogP contribution in [0.2, 0.25) is 0 Å². The molecule has 2 aromatic heterocycles. The first-order valence-corrected chi connectivity index (χ1v) is 6.81. The molecule has 0 spiro atoms. The van der Waals surface area contributed by atoms with Gasteiger partial charge in [0.15, 0.2) is 5.75 Å². The lowest BCUT2D eigenvalue weighted by atomic mass is 10.1. The highest BCUT2D eigenvalue weighted by Crippen LogP contribution is 2.32. The van der Waals surface area contributed by atoms with Crippen LogP contribution >= 0.6 is 0 Å². The molecule has 0 aliphatic rings. The van der Waals surface area contributed by atoms with Crippen molar-refractivity contribution in [3.05, 3.63) is 66.7 Å². The van der Waals surface area contributed by atoms with E-state index in [0.29, 0.717) is 11.3 Å². The minimum atomic E-state index is -0.385. The Kier molecular flexibility index (Phi) is 3.70. The molecule has 3 rings (SSSR count). The molecule has 0 N–H and O–H groups in total. The van der Waals surface area contributed by atoms with Crippen molar-refractivity contribution >= 4 is 5.97 Å². The fraction of sp³-hybridized carbons (Fsp3) is 0.118. The Morgan fingerprint density at radius 3 is 1.68 bits per heavy atom. The largest absolute Gasteiger partial charge is 0.492 e. The molecule has 0 bridgehead atoms. The second kappa shape index (κ2) is 5.81. The molecule has 0 atom stereocenters. The van der Waals surface area contributed by atoms with Gasteiger partial charge in [0.25, 0.3) is 0 Å². The van der Waals surface area contributed by atoms with Gasteiger partial charge in [-0.05, 0) is 36.4 Å². The third-order valence-corrected chi connectivity index (χ3v) is 3.44. The van der Waals surface area contributed by atoms with Crippen molar-refractivity contribution in [3.63, 3.8) is 0 Å². The fourth-order valence-electron chi connectivity index (χ4n) is 2.42. The van der Waals surface area contributed by atoms with E-state index in [-0.39, 0.29) is 5.97 Å². The average molecular weight is 296 g/mol. The van der Waals surface area contributed by atoms with Gasteiger partial charge >= 0.3 is 5.97 Å². The first kappa shape index (κ1) is 14.0. The van der Waals surface area contributed by atoms with Gasteiger partial charge in [0, 0.05) is 24.8 Å². The number of carbonyl (C=O) groups is 1. The van der Waals surface area contributed by atoms with E-state index in [1.54, 1.807) is 19.2 Å². The lowest BCUT2D eigenvalue weighted by Gasteiger charge is -2.17. The number of ether oxygens (including phenoxy) is 2. The number of aromatic nitrogens is 2. The summed E-state index contributed by atoms with van der Waals surface area (Å²) in [6, 6.07) is 11.2. The topological polar surface area (TPSA) is 45.4 Å². The molecular weight excluding hydrogens is 280 g/mol. The molecule has 2 heterocycles. The average Bonchev–Trinajstić information content (AvgIpc) is 3.25. The zero-order valence-corrected chi connectivity index (χ0v) is 12.4. The van der Waals surface area contributed by atoms with E-state index >= 15 is 0 Å². The number of nitrogens with zero attached hydrogens (tertiary/aromatic N) is 2. The van der Waals surface area contributed by atoms with Gasteiger partial charge < -0.3 is 18.6 Å². The molecule has 5 nitrogen and oxygen atoms in total. The number of hydrogen-bond acceptors (Lipinski definition) is 3. The molecular formula is C17H16N2O3. The first-order valence-electron chi connectivity index (χ1n) is 6.81. The van der Waals surface area contributed by atoms with Crippen molar-refractivity contribution < 1.29 is 14.3 Å². The monoisotopic (exact) mass is 296 g/mol. The maximum absolute atomic E-state index is 12.0. The summed E-state index contributed by atoms with van der Waals surface area (Å²) in [5.74, 6) is 0.296. The molecule has 3 aromatic rings. The van der Waals surface area contributed by atoms with Crippen LogP contribution in [0.5, 0.6) is 5.75 Å². The third kappa shape index (κ3) is 2.37. The molecule has 0 fully saturated rings. The predicted octanol–water partition coefficient (Wildman–Crippen LogP) is 3.06. The summed E-state index contributed by atoms with van der Waals surface area (Å²) in [6.45, 7) is 0. The van der Waals surface area contributed by atoms with Gasteiger partial charge in [-0.3, -0.25) is 0 Å².